The molecule has 0 fully saturated rings. The van der Waals surface area contributed by atoms with Crippen molar-refractivity contribution in [3.8, 4) is 0 Å². The smallest absolute Gasteiger partial charge is 0.147 e. The highest BCUT2D eigenvalue weighted by Gasteiger charge is 2.20. The zero-order chi connectivity index (χ0) is 11.6. The third kappa shape index (κ3) is 3.13. The van der Waals surface area contributed by atoms with E-state index in [9.17, 15) is 0 Å². The number of aromatic nitrogens is 2. The van der Waals surface area contributed by atoms with Crippen LogP contribution in [0.25, 0.3) is 0 Å². The van der Waals surface area contributed by atoms with Gasteiger partial charge in [0.05, 0.1) is 16.8 Å². The molecule has 1 heterocycles. The van der Waals surface area contributed by atoms with E-state index in [0.717, 1.165) is 11.5 Å². The second kappa shape index (κ2) is 4.76. The van der Waals surface area contributed by atoms with Gasteiger partial charge in [0.15, 0.2) is 0 Å². The second-order valence-corrected chi connectivity index (χ2v) is 5.43. The fraction of sp³-hybridized carbons (Fsp3) is 0.600. The Hall–Kier alpha value is -0.190. The van der Waals surface area contributed by atoms with Gasteiger partial charge in [-0.25, -0.2) is 9.97 Å². The molecule has 0 atom stereocenters. The molecule has 0 aliphatic heterocycles. The molecular formula is C10H14BrClN2O. The molecule has 1 rings (SSSR count). The maximum Gasteiger partial charge on any atom is 0.147 e. The molecule has 0 amide bonds. The first-order valence-corrected chi connectivity index (χ1v) is 5.74. The summed E-state index contributed by atoms with van der Waals surface area (Å²) < 4.78 is 5.76. The van der Waals surface area contributed by atoms with Gasteiger partial charge in [-0.1, -0.05) is 32.4 Å². The lowest BCUT2D eigenvalue weighted by Crippen LogP contribution is -2.17. The van der Waals surface area contributed by atoms with Crippen LogP contribution in [-0.2, 0) is 16.8 Å². The monoisotopic (exact) mass is 292 g/mol. The Morgan fingerprint density at radius 1 is 1.33 bits per heavy atom. The highest BCUT2D eigenvalue weighted by atomic mass is 79.9. The van der Waals surface area contributed by atoms with E-state index in [1.165, 1.54) is 0 Å². The van der Waals surface area contributed by atoms with Gasteiger partial charge in [-0.3, -0.25) is 0 Å². The molecule has 5 heteroatoms. The Labute approximate surface area is 103 Å². The maximum atomic E-state index is 6.01. The van der Waals surface area contributed by atoms with Crippen molar-refractivity contribution >= 4 is 27.5 Å². The van der Waals surface area contributed by atoms with Gasteiger partial charge in [0.1, 0.15) is 11.0 Å². The normalized spacial score (nSPS) is 11.9. The first-order valence-electron chi connectivity index (χ1n) is 4.57. The van der Waals surface area contributed by atoms with Crippen molar-refractivity contribution in [1.29, 1.82) is 0 Å². The minimum Gasteiger partial charge on any atom is -0.378 e. The SMILES string of the molecule is COCc1nc(C(C)(C)C)nc(Cl)c1Br. The van der Waals surface area contributed by atoms with Gasteiger partial charge in [-0.2, -0.15) is 0 Å². The first-order chi connectivity index (χ1) is 6.86. The highest BCUT2D eigenvalue weighted by Crippen LogP contribution is 2.27. The molecule has 1 aromatic rings. The third-order valence-electron chi connectivity index (χ3n) is 1.83. The molecule has 3 nitrogen and oxygen atoms in total. The number of hydrogen-bond acceptors (Lipinski definition) is 3. The molecule has 0 bridgehead atoms. The topological polar surface area (TPSA) is 35.0 Å². The van der Waals surface area contributed by atoms with E-state index in [0.29, 0.717) is 16.2 Å². The van der Waals surface area contributed by atoms with Crippen LogP contribution in [0.5, 0.6) is 0 Å². The van der Waals surface area contributed by atoms with Crippen molar-refractivity contribution in [2.45, 2.75) is 32.8 Å². The molecule has 0 saturated heterocycles. The minimum atomic E-state index is -0.118. The summed E-state index contributed by atoms with van der Waals surface area (Å²) in [5.74, 6) is 0.725. The van der Waals surface area contributed by atoms with Gasteiger partial charge < -0.3 is 4.74 Å². The molecule has 0 spiro atoms. The van der Waals surface area contributed by atoms with Gasteiger partial charge in [0.2, 0.25) is 0 Å². The van der Waals surface area contributed by atoms with Crippen molar-refractivity contribution in [2.24, 2.45) is 0 Å². The number of halogens is 2. The summed E-state index contributed by atoms with van der Waals surface area (Å²) in [7, 11) is 1.62. The van der Waals surface area contributed by atoms with Crippen LogP contribution in [0.15, 0.2) is 4.47 Å². The molecule has 0 saturated carbocycles. The van der Waals surface area contributed by atoms with E-state index in [1.54, 1.807) is 7.11 Å². The Bertz CT molecular complexity index is 363. The summed E-state index contributed by atoms with van der Waals surface area (Å²) in [6.07, 6.45) is 0. The average Bonchev–Trinajstić information content (AvgIpc) is 2.11. The summed E-state index contributed by atoms with van der Waals surface area (Å²) in [6, 6.07) is 0. The van der Waals surface area contributed by atoms with E-state index in [4.69, 9.17) is 16.3 Å². The minimum absolute atomic E-state index is 0.118. The summed E-state index contributed by atoms with van der Waals surface area (Å²) in [5.41, 5.74) is 0.662. The predicted molar refractivity (Wildman–Crippen MR) is 64.2 cm³/mol. The predicted octanol–water partition coefficient (Wildman–Crippen LogP) is 3.34. The fourth-order valence-electron chi connectivity index (χ4n) is 1.03. The lowest BCUT2D eigenvalue weighted by Gasteiger charge is -2.18. The van der Waals surface area contributed by atoms with Gasteiger partial charge in [-0.05, 0) is 15.9 Å². The van der Waals surface area contributed by atoms with Crippen molar-refractivity contribution in [2.75, 3.05) is 7.11 Å². The van der Waals surface area contributed by atoms with Crippen LogP contribution in [0.4, 0.5) is 0 Å². The van der Waals surface area contributed by atoms with Crippen LogP contribution in [0, 0.1) is 0 Å². The molecule has 0 aliphatic rings. The molecular weight excluding hydrogens is 279 g/mol. The number of methoxy groups -OCH3 is 1. The quantitative estimate of drug-likeness (QED) is 0.785. The molecule has 84 valence electrons. The Morgan fingerprint density at radius 3 is 2.40 bits per heavy atom. The van der Waals surface area contributed by atoms with Gasteiger partial charge in [0.25, 0.3) is 0 Å². The number of nitrogens with zero attached hydrogens (tertiary/aromatic N) is 2. The van der Waals surface area contributed by atoms with Crippen LogP contribution in [0.2, 0.25) is 5.15 Å². The molecule has 15 heavy (non-hydrogen) atoms. The Kier molecular flexibility index (Phi) is 4.09. The third-order valence-corrected chi connectivity index (χ3v) is 3.17. The van der Waals surface area contributed by atoms with Gasteiger partial charge in [-0.15, -0.1) is 0 Å². The summed E-state index contributed by atoms with van der Waals surface area (Å²) in [5, 5.41) is 0.432. The van der Waals surface area contributed by atoms with Crippen LogP contribution >= 0.6 is 27.5 Å². The lowest BCUT2D eigenvalue weighted by atomic mass is 9.96. The maximum absolute atomic E-state index is 6.01. The largest absolute Gasteiger partial charge is 0.378 e. The van der Waals surface area contributed by atoms with E-state index in [1.807, 2.05) is 20.8 Å². The van der Waals surface area contributed by atoms with Crippen molar-refractivity contribution < 1.29 is 4.74 Å². The van der Waals surface area contributed by atoms with E-state index < -0.39 is 0 Å². The molecule has 0 radical (unpaired) electrons. The summed E-state index contributed by atoms with van der Waals surface area (Å²) >= 11 is 9.35. The van der Waals surface area contributed by atoms with E-state index in [2.05, 4.69) is 25.9 Å². The Morgan fingerprint density at radius 2 is 1.93 bits per heavy atom. The lowest BCUT2D eigenvalue weighted by molar-refractivity contribution is 0.180. The van der Waals surface area contributed by atoms with Crippen molar-refractivity contribution in [3.05, 3.63) is 21.1 Å². The highest BCUT2D eigenvalue weighted by molar-refractivity contribution is 9.10. The number of hydrogen-bond donors (Lipinski definition) is 0. The molecule has 0 N–H and O–H groups in total. The average molecular weight is 294 g/mol. The fourth-order valence-corrected chi connectivity index (χ4v) is 1.51. The molecule has 0 aromatic carbocycles. The van der Waals surface area contributed by atoms with Crippen LogP contribution in [-0.4, -0.2) is 17.1 Å². The van der Waals surface area contributed by atoms with Crippen LogP contribution in [0.3, 0.4) is 0 Å². The second-order valence-electron chi connectivity index (χ2n) is 4.28. The van der Waals surface area contributed by atoms with Gasteiger partial charge in [0, 0.05) is 12.5 Å². The number of ether oxygens (including phenoxy) is 1. The molecule has 0 unspecified atom stereocenters. The zero-order valence-electron chi connectivity index (χ0n) is 9.27. The summed E-state index contributed by atoms with van der Waals surface area (Å²) in [6.45, 7) is 6.56. The van der Waals surface area contributed by atoms with Gasteiger partial charge >= 0.3 is 0 Å². The van der Waals surface area contributed by atoms with E-state index >= 15 is 0 Å². The number of rotatable bonds is 2. The zero-order valence-corrected chi connectivity index (χ0v) is 11.6. The summed E-state index contributed by atoms with van der Waals surface area (Å²) in [4.78, 5) is 8.67. The van der Waals surface area contributed by atoms with Crippen LogP contribution in [0.1, 0.15) is 32.3 Å². The van der Waals surface area contributed by atoms with Crippen molar-refractivity contribution in [1.82, 2.24) is 9.97 Å². The standard InChI is InChI=1S/C10H14BrClN2O/c1-10(2,3)9-13-6(5-15-4)7(11)8(12)14-9/h5H2,1-4H3. The molecule has 0 aliphatic carbocycles. The van der Waals surface area contributed by atoms with E-state index in [-0.39, 0.29) is 5.41 Å². The van der Waals surface area contributed by atoms with Crippen molar-refractivity contribution in [3.63, 3.8) is 0 Å². The Balaban J connectivity index is 3.23. The molecule has 1 aromatic heterocycles. The van der Waals surface area contributed by atoms with Crippen LogP contribution < -0.4 is 0 Å². The first kappa shape index (κ1) is 12.9.